The lowest BCUT2D eigenvalue weighted by molar-refractivity contribution is 0.905. The van der Waals surface area contributed by atoms with Crippen LogP contribution in [0.25, 0.3) is 26.1 Å². The summed E-state index contributed by atoms with van der Waals surface area (Å²) in [5.41, 5.74) is 0.992. The van der Waals surface area contributed by atoms with Gasteiger partial charge >= 0.3 is 5.69 Å². The van der Waals surface area contributed by atoms with Crippen LogP contribution in [0.15, 0.2) is 46.1 Å². The van der Waals surface area contributed by atoms with Gasteiger partial charge in [-0.2, -0.15) is 0 Å². The number of thiophene rings is 1. The molecule has 0 fully saturated rings. The third kappa shape index (κ3) is 2.10. The zero-order valence-corrected chi connectivity index (χ0v) is 13.5. The molecular formula is C16H10ClN3O2S. The van der Waals surface area contributed by atoms with Crippen LogP contribution >= 0.6 is 22.9 Å². The molecule has 0 radical (unpaired) electrons. The van der Waals surface area contributed by atoms with Crippen LogP contribution in [0.3, 0.4) is 0 Å². The number of hydrogen-bond acceptors (Lipinski definition) is 4. The van der Waals surface area contributed by atoms with Crippen LogP contribution in [0.1, 0.15) is 5.56 Å². The Hall–Kier alpha value is -2.44. The molecule has 7 heteroatoms. The van der Waals surface area contributed by atoms with Crippen molar-refractivity contribution >= 4 is 43.4 Å². The first-order valence-corrected chi connectivity index (χ1v) is 8.05. The molecule has 0 aliphatic carbocycles. The molecule has 0 atom stereocenters. The van der Waals surface area contributed by atoms with Crippen LogP contribution in [-0.4, -0.2) is 14.5 Å². The minimum Gasteiger partial charge on any atom is -0.305 e. The highest BCUT2D eigenvalue weighted by Gasteiger charge is 2.15. The van der Waals surface area contributed by atoms with Crippen molar-refractivity contribution in [1.82, 2.24) is 14.5 Å². The van der Waals surface area contributed by atoms with E-state index in [2.05, 4.69) is 9.97 Å². The third-order valence-corrected chi connectivity index (χ3v) is 5.22. The minimum absolute atomic E-state index is 0.369. The van der Waals surface area contributed by atoms with E-state index in [0.717, 1.165) is 20.3 Å². The van der Waals surface area contributed by atoms with Gasteiger partial charge in [-0.1, -0.05) is 17.7 Å². The number of halogens is 1. The number of hydrogen-bond donors (Lipinski definition) is 1. The molecule has 23 heavy (non-hydrogen) atoms. The average molecular weight is 344 g/mol. The molecule has 114 valence electrons. The largest absolute Gasteiger partial charge is 0.333 e. The first kappa shape index (κ1) is 14.2. The van der Waals surface area contributed by atoms with Crippen molar-refractivity contribution in [2.45, 2.75) is 6.92 Å². The quantitative estimate of drug-likeness (QED) is 0.577. The van der Waals surface area contributed by atoms with Crippen molar-refractivity contribution in [2.24, 2.45) is 0 Å². The fourth-order valence-corrected chi connectivity index (χ4v) is 3.72. The van der Waals surface area contributed by atoms with E-state index in [1.807, 2.05) is 13.0 Å². The molecule has 4 aromatic rings. The number of rotatable bonds is 1. The van der Waals surface area contributed by atoms with E-state index in [9.17, 15) is 9.59 Å². The van der Waals surface area contributed by atoms with Gasteiger partial charge in [-0.3, -0.25) is 4.79 Å². The highest BCUT2D eigenvalue weighted by molar-refractivity contribution is 7.25. The molecular weight excluding hydrogens is 334 g/mol. The number of aromatic amines is 1. The van der Waals surface area contributed by atoms with E-state index < -0.39 is 5.69 Å². The van der Waals surface area contributed by atoms with Gasteiger partial charge in [0, 0.05) is 16.6 Å². The second-order valence-corrected chi connectivity index (χ2v) is 6.57. The summed E-state index contributed by atoms with van der Waals surface area (Å²) in [5, 5.41) is 1.28. The summed E-state index contributed by atoms with van der Waals surface area (Å²) in [4.78, 5) is 33.0. The summed E-state index contributed by atoms with van der Waals surface area (Å²) in [6.45, 7) is 1.86. The Morgan fingerprint density at radius 3 is 2.87 bits per heavy atom. The maximum atomic E-state index is 12.8. The van der Waals surface area contributed by atoms with Crippen molar-refractivity contribution in [1.29, 1.82) is 0 Å². The molecule has 0 saturated heterocycles. The SMILES string of the molecule is Cc1ccc(-n2c(=O)[nH]c3c(sc4ncccc43)c2=O)cc1Cl. The molecule has 0 amide bonds. The predicted octanol–water partition coefficient (Wildman–Crippen LogP) is 3.25. The molecule has 0 aliphatic rings. The monoisotopic (exact) mass is 343 g/mol. The lowest BCUT2D eigenvalue weighted by Gasteiger charge is -2.06. The highest BCUT2D eigenvalue weighted by atomic mass is 35.5. The molecule has 0 saturated carbocycles. The Bertz CT molecular complexity index is 1190. The van der Waals surface area contributed by atoms with Crippen molar-refractivity contribution in [3.05, 3.63) is 68.0 Å². The van der Waals surface area contributed by atoms with Gasteiger partial charge in [0.15, 0.2) is 0 Å². The first-order valence-electron chi connectivity index (χ1n) is 6.85. The van der Waals surface area contributed by atoms with E-state index in [4.69, 9.17) is 11.6 Å². The number of aryl methyl sites for hydroxylation is 1. The molecule has 1 N–H and O–H groups in total. The number of aromatic nitrogens is 3. The molecule has 5 nitrogen and oxygen atoms in total. The van der Waals surface area contributed by atoms with Crippen LogP contribution in [0, 0.1) is 6.92 Å². The standard InChI is InChI=1S/C16H10ClN3O2S/c1-8-4-5-9(7-11(8)17)20-15(21)13-12(19-16(20)22)10-3-2-6-18-14(10)23-13/h2-7H,1H3,(H,19,22). The van der Waals surface area contributed by atoms with Gasteiger partial charge in [-0.05, 0) is 36.8 Å². The molecule has 3 heterocycles. The molecule has 3 aromatic heterocycles. The fraction of sp³-hybridized carbons (Fsp3) is 0.0625. The Kier molecular flexibility index (Phi) is 3.11. The van der Waals surface area contributed by atoms with E-state index in [1.165, 1.54) is 11.3 Å². The van der Waals surface area contributed by atoms with Gasteiger partial charge in [0.25, 0.3) is 5.56 Å². The third-order valence-electron chi connectivity index (χ3n) is 3.71. The second kappa shape index (κ2) is 5.04. The van der Waals surface area contributed by atoms with E-state index in [0.29, 0.717) is 20.9 Å². The van der Waals surface area contributed by atoms with Crippen molar-refractivity contribution in [2.75, 3.05) is 0 Å². The Morgan fingerprint density at radius 1 is 1.26 bits per heavy atom. The van der Waals surface area contributed by atoms with Crippen LogP contribution < -0.4 is 11.2 Å². The summed E-state index contributed by atoms with van der Waals surface area (Å²) in [6.07, 6.45) is 1.66. The highest BCUT2D eigenvalue weighted by Crippen LogP contribution is 2.28. The number of benzene rings is 1. The van der Waals surface area contributed by atoms with Gasteiger partial charge in [0.1, 0.15) is 9.53 Å². The maximum Gasteiger partial charge on any atom is 0.333 e. The lowest BCUT2D eigenvalue weighted by Crippen LogP contribution is -2.33. The number of fused-ring (bicyclic) bond motifs is 3. The predicted molar refractivity (Wildman–Crippen MR) is 93.1 cm³/mol. The smallest absolute Gasteiger partial charge is 0.305 e. The summed E-state index contributed by atoms with van der Waals surface area (Å²) in [7, 11) is 0. The zero-order valence-electron chi connectivity index (χ0n) is 12.0. The van der Waals surface area contributed by atoms with E-state index in [1.54, 1.807) is 30.5 Å². The number of nitrogens with one attached hydrogen (secondary N) is 1. The van der Waals surface area contributed by atoms with Gasteiger partial charge in [0.05, 0.1) is 11.2 Å². The number of pyridine rings is 1. The number of H-pyrrole nitrogens is 1. The van der Waals surface area contributed by atoms with Gasteiger partial charge in [0.2, 0.25) is 0 Å². The topological polar surface area (TPSA) is 67.8 Å². The first-order chi connectivity index (χ1) is 11.1. The normalized spacial score (nSPS) is 11.4. The molecule has 0 aliphatic heterocycles. The fourth-order valence-electron chi connectivity index (χ4n) is 2.52. The minimum atomic E-state index is -0.494. The Morgan fingerprint density at radius 2 is 2.09 bits per heavy atom. The van der Waals surface area contributed by atoms with Crippen molar-refractivity contribution in [3.63, 3.8) is 0 Å². The maximum absolute atomic E-state index is 12.8. The van der Waals surface area contributed by atoms with Gasteiger partial charge < -0.3 is 4.98 Å². The summed E-state index contributed by atoms with van der Waals surface area (Å²) >= 11 is 7.38. The molecule has 0 spiro atoms. The van der Waals surface area contributed by atoms with Crippen LogP contribution in [0.5, 0.6) is 0 Å². The van der Waals surface area contributed by atoms with Gasteiger partial charge in [-0.15, -0.1) is 11.3 Å². The second-order valence-electron chi connectivity index (χ2n) is 5.17. The van der Waals surface area contributed by atoms with Crippen LogP contribution in [-0.2, 0) is 0 Å². The lowest BCUT2D eigenvalue weighted by atomic mass is 10.2. The van der Waals surface area contributed by atoms with Crippen LogP contribution in [0.4, 0.5) is 0 Å². The molecule has 1 aromatic carbocycles. The average Bonchev–Trinajstić information content (AvgIpc) is 2.90. The summed E-state index contributed by atoms with van der Waals surface area (Å²) < 4.78 is 1.57. The van der Waals surface area contributed by atoms with Crippen molar-refractivity contribution < 1.29 is 0 Å². The van der Waals surface area contributed by atoms with Crippen molar-refractivity contribution in [3.8, 4) is 5.69 Å². The van der Waals surface area contributed by atoms with Gasteiger partial charge in [-0.25, -0.2) is 14.3 Å². The summed E-state index contributed by atoms with van der Waals surface area (Å²) in [5.74, 6) is 0. The zero-order chi connectivity index (χ0) is 16.1. The summed E-state index contributed by atoms with van der Waals surface area (Å²) in [6, 6.07) is 8.71. The molecule has 0 bridgehead atoms. The Balaban J connectivity index is 2.12. The Labute approximate surface area is 138 Å². The molecule has 4 rings (SSSR count). The van der Waals surface area contributed by atoms with E-state index >= 15 is 0 Å². The number of nitrogens with zero attached hydrogens (tertiary/aromatic N) is 2. The van der Waals surface area contributed by atoms with E-state index in [-0.39, 0.29) is 5.56 Å². The molecule has 0 unspecified atom stereocenters. The van der Waals surface area contributed by atoms with Crippen LogP contribution in [0.2, 0.25) is 5.02 Å².